The van der Waals surface area contributed by atoms with Gasteiger partial charge >= 0.3 is 6.18 Å². The lowest BCUT2D eigenvalue weighted by molar-refractivity contribution is -0.138. The molecule has 0 aliphatic carbocycles. The highest BCUT2D eigenvalue weighted by atomic mass is 19.4. The maximum absolute atomic E-state index is 12.6. The maximum Gasteiger partial charge on any atom is 0.419 e. The van der Waals surface area contributed by atoms with E-state index in [1.165, 1.54) is 13.2 Å². The molecule has 0 heterocycles. The van der Waals surface area contributed by atoms with Crippen LogP contribution >= 0.6 is 0 Å². The van der Waals surface area contributed by atoms with Crippen LogP contribution in [0.3, 0.4) is 0 Å². The Morgan fingerprint density at radius 2 is 2.00 bits per heavy atom. The van der Waals surface area contributed by atoms with Crippen molar-refractivity contribution in [2.24, 2.45) is 5.73 Å². The first-order valence-electron chi connectivity index (χ1n) is 4.85. The Morgan fingerprint density at radius 1 is 1.38 bits per heavy atom. The van der Waals surface area contributed by atoms with Gasteiger partial charge in [-0.2, -0.15) is 13.2 Å². The molecule has 0 saturated heterocycles. The van der Waals surface area contributed by atoms with Crippen LogP contribution in [0.2, 0.25) is 0 Å². The average Bonchev–Trinajstić information content (AvgIpc) is 2.15. The monoisotopic (exact) mass is 233 g/mol. The molecule has 0 radical (unpaired) electrons. The Balaban J connectivity index is 3.21. The molecule has 0 amide bonds. The molecule has 0 aliphatic heterocycles. The van der Waals surface area contributed by atoms with E-state index in [0.717, 1.165) is 6.07 Å². The second kappa shape index (κ2) is 4.74. The topological polar surface area (TPSA) is 35.2 Å². The molecular formula is C11H14F3NO. The number of hydrogen-bond donors (Lipinski definition) is 1. The zero-order valence-corrected chi connectivity index (χ0v) is 9.14. The van der Waals surface area contributed by atoms with Crippen molar-refractivity contribution in [1.29, 1.82) is 0 Å². The Kier molecular flexibility index (Phi) is 3.80. The third-order valence-corrected chi connectivity index (χ3v) is 2.15. The lowest BCUT2D eigenvalue weighted by atomic mass is 10.0. The number of ether oxygens (including phenoxy) is 1. The molecule has 2 N–H and O–H groups in total. The molecule has 1 aromatic rings. The summed E-state index contributed by atoms with van der Waals surface area (Å²) < 4.78 is 42.8. The summed E-state index contributed by atoms with van der Waals surface area (Å²) in [6.45, 7) is 1.74. The van der Waals surface area contributed by atoms with Crippen LogP contribution in [0.15, 0.2) is 18.2 Å². The van der Waals surface area contributed by atoms with Crippen molar-refractivity contribution >= 4 is 0 Å². The second-order valence-electron chi connectivity index (χ2n) is 3.68. The van der Waals surface area contributed by atoms with E-state index < -0.39 is 11.7 Å². The quantitative estimate of drug-likeness (QED) is 0.870. The Hall–Kier alpha value is -1.23. The van der Waals surface area contributed by atoms with E-state index >= 15 is 0 Å². The molecule has 0 saturated carbocycles. The molecule has 0 aromatic heterocycles. The average molecular weight is 233 g/mol. The van der Waals surface area contributed by atoms with Crippen LogP contribution in [0.25, 0.3) is 0 Å². The molecule has 1 atom stereocenters. The summed E-state index contributed by atoms with van der Waals surface area (Å²) in [5.74, 6) is -0.132. The van der Waals surface area contributed by atoms with Gasteiger partial charge in [0.15, 0.2) is 0 Å². The van der Waals surface area contributed by atoms with Crippen LogP contribution in [0.5, 0.6) is 5.75 Å². The van der Waals surface area contributed by atoms with Gasteiger partial charge in [0.25, 0.3) is 0 Å². The van der Waals surface area contributed by atoms with E-state index in [9.17, 15) is 13.2 Å². The summed E-state index contributed by atoms with van der Waals surface area (Å²) in [4.78, 5) is 0. The number of rotatable bonds is 3. The standard InChI is InChI=1S/C11H14F3NO/c1-7(15)6-8-4-3-5-9(10(8)16-2)11(12,13)14/h3-5,7H,6,15H2,1-2H3. The van der Waals surface area contributed by atoms with Crippen LogP contribution in [0.1, 0.15) is 18.1 Å². The molecule has 2 nitrogen and oxygen atoms in total. The maximum atomic E-state index is 12.6. The summed E-state index contributed by atoms with van der Waals surface area (Å²) in [5.41, 5.74) is 5.29. The van der Waals surface area contributed by atoms with Crippen molar-refractivity contribution in [3.63, 3.8) is 0 Å². The first-order chi connectivity index (χ1) is 7.36. The van der Waals surface area contributed by atoms with Crippen LogP contribution in [0, 0.1) is 0 Å². The van der Waals surface area contributed by atoms with Gasteiger partial charge in [0, 0.05) is 6.04 Å². The zero-order valence-electron chi connectivity index (χ0n) is 9.14. The molecule has 16 heavy (non-hydrogen) atoms. The lowest BCUT2D eigenvalue weighted by Crippen LogP contribution is -2.19. The van der Waals surface area contributed by atoms with Gasteiger partial charge in [0.05, 0.1) is 12.7 Å². The molecule has 5 heteroatoms. The van der Waals surface area contributed by atoms with E-state index in [0.29, 0.717) is 12.0 Å². The van der Waals surface area contributed by atoms with E-state index in [2.05, 4.69) is 0 Å². The molecule has 0 fully saturated rings. The minimum absolute atomic E-state index is 0.132. The van der Waals surface area contributed by atoms with Crippen molar-refractivity contribution in [1.82, 2.24) is 0 Å². The summed E-state index contributed by atoms with van der Waals surface area (Å²) in [7, 11) is 1.23. The predicted molar refractivity (Wildman–Crippen MR) is 55.3 cm³/mol. The van der Waals surface area contributed by atoms with Crippen molar-refractivity contribution in [3.8, 4) is 5.75 Å². The Morgan fingerprint density at radius 3 is 2.44 bits per heavy atom. The lowest BCUT2D eigenvalue weighted by Gasteiger charge is -2.16. The van der Waals surface area contributed by atoms with Gasteiger partial charge in [0.2, 0.25) is 0 Å². The van der Waals surface area contributed by atoms with E-state index in [1.807, 2.05) is 0 Å². The number of para-hydroxylation sites is 1. The van der Waals surface area contributed by atoms with Gasteiger partial charge < -0.3 is 10.5 Å². The Labute approximate surface area is 92.2 Å². The summed E-state index contributed by atoms with van der Waals surface area (Å²) in [5, 5.41) is 0. The molecule has 1 rings (SSSR count). The molecular weight excluding hydrogens is 219 g/mol. The number of methoxy groups -OCH3 is 1. The van der Waals surface area contributed by atoms with Gasteiger partial charge in [-0.05, 0) is 25.0 Å². The first-order valence-corrected chi connectivity index (χ1v) is 4.85. The number of nitrogens with two attached hydrogens (primary N) is 1. The fourth-order valence-corrected chi connectivity index (χ4v) is 1.56. The van der Waals surface area contributed by atoms with E-state index in [4.69, 9.17) is 10.5 Å². The fourth-order valence-electron chi connectivity index (χ4n) is 1.56. The van der Waals surface area contributed by atoms with Gasteiger partial charge in [-0.1, -0.05) is 12.1 Å². The van der Waals surface area contributed by atoms with Crippen molar-refractivity contribution in [3.05, 3.63) is 29.3 Å². The third-order valence-electron chi connectivity index (χ3n) is 2.15. The van der Waals surface area contributed by atoms with Crippen molar-refractivity contribution in [2.45, 2.75) is 25.6 Å². The van der Waals surface area contributed by atoms with Crippen molar-refractivity contribution in [2.75, 3.05) is 7.11 Å². The fraction of sp³-hybridized carbons (Fsp3) is 0.455. The number of halogens is 3. The van der Waals surface area contributed by atoms with Crippen LogP contribution in [0.4, 0.5) is 13.2 Å². The molecule has 0 bridgehead atoms. The zero-order chi connectivity index (χ0) is 12.3. The van der Waals surface area contributed by atoms with Crippen LogP contribution in [-0.4, -0.2) is 13.2 Å². The number of hydrogen-bond acceptors (Lipinski definition) is 2. The largest absolute Gasteiger partial charge is 0.496 e. The van der Waals surface area contributed by atoms with E-state index in [1.54, 1.807) is 13.0 Å². The number of benzene rings is 1. The van der Waals surface area contributed by atoms with Crippen molar-refractivity contribution < 1.29 is 17.9 Å². The van der Waals surface area contributed by atoms with Gasteiger partial charge in [0.1, 0.15) is 5.75 Å². The summed E-state index contributed by atoms with van der Waals surface area (Å²) >= 11 is 0. The summed E-state index contributed by atoms with van der Waals surface area (Å²) in [6.07, 6.45) is -4.05. The Bertz CT molecular complexity index is 361. The summed E-state index contributed by atoms with van der Waals surface area (Å²) in [6, 6.07) is 3.75. The predicted octanol–water partition coefficient (Wildman–Crippen LogP) is 2.60. The molecule has 90 valence electrons. The van der Waals surface area contributed by atoms with Crippen LogP contribution < -0.4 is 10.5 Å². The minimum atomic E-state index is -4.40. The third kappa shape index (κ3) is 2.88. The molecule has 1 unspecified atom stereocenters. The normalized spacial score (nSPS) is 13.6. The van der Waals surface area contributed by atoms with E-state index in [-0.39, 0.29) is 11.8 Å². The highest BCUT2D eigenvalue weighted by Gasteiger charge is 2.35. The molecule has 0 aliphatic rings. The SMILES string of the molecule is COc1c(CC(C)N)cccc1C(F)(F)F. The first kappa shape index (κ1) is 12.8. The minimum Gasteiger partial charge on any atom is -0.496 e. The van der Waals surface area contributed by atoms with Gasteiger partial charge in [-0.15, -0.1) is 0 Å². The highest BCUT2D eigenvalue weighted by molar-refractivity contribution is 5.43. The number of alkyl halides is 3. The van der Waals surface area contributed by atoms with Crippen LogP contribution in [-0.2, 0) is 12.6 Å². The second-order valence-corrected chi connectivity index (χ2v) is 3.68. The highest BCUT2D eigenvalue weighted by Crippen LogP contribution is 2.38. The molecule has 1 aromatic carbocycles. The molecule has 0 spiro atoms. The smallest absolute Gasteiger partial charge is 0.419 e. The van der Waals surface area contributed by atoms with Gasteiger partial charge in [-0.3, -0.25) is 0 Å². The van der Waals surface area contributed by atoms with Gasteiger partial charge in [-0.25, -0.2) is 0 Å².